The Kier molecular flexibility index (Phi) is 5.89. The molecule has 0 aliphatic carbocycles. The minimum atomic E-state index is -0.0359. The third kappa shape index (κ3) is 4.37. The molecule has 3 aromatic rings. The number of rotatable bonds is 5. The SMILES string of the molecule is Cc1nc(-c2ccc(N3CC[C@@H](Cc4ncccc4N4CCN(C)CC4)C3=O)cc2)c(C)o1. The summed E-state index contributed by atoms with van der Waals surface area (Å²) in [7, 11) is 2.16. The molecule has 2 aromatic heterocycles. The number of hydrogen-bond acceptors (Lipinski definition) is 6. The molecule has 172 valence electrons. The highest BCUT2D eigenvalue weighted by Crippen LogP contribution is 2.32. The number of oxazole rings is 1. The Balaban J connectivity index is 1.29. The largest absolute Gasteiger partial charge is 0.446 e. The third-order valence-corrected chi connectivity index (χ3v) is 6.82. The molecular formula is C26H31N5O2. The van der Waals surface area contributed by atoms with Gasteiger partial charge >= 0.3 is 0 Å². The molecule has 33 heavy (non-hydrogen) atoms. The summed E-state index contributed by atoms with van der Waals surface area (Å²) < 4.78 is 5.56. The molecule has 0 saturated carbocycles. The van der Waals surface area contributed by atoms with E-state index in [0.29, 0.717) is 12.3 Å². The van der Waals surface area contributed by atoms with Crippen LogP contribution in [0.4, 0.5) is 11.4 Å². The number of amides is 1. The third-order valence-electron chi connectivity index (χ3n) is 6.82. The predicted octanol–water partition coefficient (Wildman–Crippen LogP) is 3.70. The fourth-order valence-electron chi connectivity index (χ4n) is 4.94. The molecule has 1 atom stereocenters. The van der Waals surface area contributed by atoms with E-state index in [2.05, 4.69) is 32.9 Å². The number of likely N-dealkylation sites (N-methyl/N-ethyl adjacent to an activating group) is 1. The average molecular weight is 446 g/mol. The van der Waals surface area contributed by atoms with E-state index in [0.717, 1.165) is 67.5 Å². The predicted molar refractivity (Wildman–Crippen MR) is 130 cm³/mol. The molecule has 2 fully saturated rings. The number of piperazine rings is 1. The lowest BCUT2D eigenvalue weighted by molar-refractivity contribution is -0.120. The molecule has 0 radical (unpaired) electrons. The van der Waals surface area contributed by atoms with Gasteiger partial charge in [-0.05, 0) is 44.7 Å². The van der Waals surface area contributed by atoms with E-state index in [9.17, 15) is 4.79 Å². The quantitative estimate of drug-likeness (QED) is 0.597. The maximum absolute atomic E-state index is 13.3. The zero-order valence-corrected chi connectivity index (χ0v) is 19.6. The second-order valence-corrected chi connectivity index (χ2v) is 9.12. The lowest BCUT2D eigenvalue weighted by Gasteiger charge is -2.35. The Morgan fingerprint density at radius 1 is 1.03 bits per heavy atom. The number of aryl methyl sites for hydroxylation is 2. The Morgan fingerprint density at radius 2 is 1.79 bits per heavy atom. The first-order valence-electron chi connectivity index (χ1n) is 11.7. The zero-order chi connectivity index (χ0) is 22.9. The molecule has 7 heteroatoms. The fraction of sp³-hybridized carbons (Fsp3) is 0.423. The Bertz CT molecular complexity index is 1130. The maximum Gasteiger partial charge on any atom is 0.230 e. The molecule has 4 heterocycles. The normalized spacial score (nSPS) is 19.5. The van der Waals surface area contributed by atoms with Crippen LogP contribution in [0.3, 0.4) is 0 Å². The smallest absolute Gasteiger partial charge is 0.230 e. The number of anilines is 2. The average Bonchev–Trinajstić information content (AvgIpc) is 3.36. The Labute approximate surface area is 195 Å². The van der Waals surface area contributed by atoms with Crippen LogP contribution in [0.1, 0.15) is 23.8 Å². The molecule has 0 N–H and O–H groups in total. The first-order chi connectivity index (χ1) is 16.0. The van der Waals surface area contributed by atoms with Gasteiger partial charge < -0.3 is 19.1 Å². The number of benzene rings is 1. The highest BCUT2D eigenvalue weighted by Gasteiger charge is 2.34. The molecule has 7 nitrogen and oxygen atoms in total. The van der Waals surface area contributed by atoms with Gasteiger partial charge in [0.2, 0.25) is 5.91 Å². The summed E-state index contributed by atoms with van der Waals surface area (Å²) >= 11 is 0. The van der Waals surface area contributed by atoms with Crippen molar-refractivity contribution in [1.82, 2.24) is 14.9 Å². The topological polar surface area (TPSA) is 65.7 Å². The second kappa shape index (κ2) is 8.98. The summed E-state index contributed by atoms with van der Waals surface area (Å²) in [6.45, 7) is 8.60. The van der Waals surface area contributed by atoms with Crippen molar-refractivity contribution in [2.75, 3.05) is 49.6 Å². The summed E-state index contributed by atoms with van der Waals surface area (Å²) in [6.07, 6.45) is 3.38. The molecule has 2 saturated heterocycles. The van der Waals surface area contributed by atoms with Crippen molar-refractivity contribution in [1.29, 1.82) is 0 Å². The summed E-state index contributed by atoms with van der Waals surface area (Å²) in [5, 5.41) is 0. The molecule has 0 bridgehead atoms. The van der Waals surface area contributed by atoms with Crippen LogP contribution < -0.4 is 9.80 Å². The van der Waals surface area contributed by atoms with Crippen molar-refractivity contribution >= 4 is 17.3 Å². The monoisotopic (exact) mass is 445 g/mol. The van der Waals surface area contributed by atoms with Crippen molar-refractivity contribution < 1.29 is 9.21 Å². The Morgan fingerprint density at radius 3 is 2.48 bits per heavy atom. The molecule has 0 spiro atoms. The first kappa shape index (κ1) is 21.6. The lowest BCUT2D eigenvalue weighted by Crippen LogP contribution is -2.45. The van der Waals surface area contributed by atoms with E-state index in [4.69, 9.17) is 4.42 Å². The first-order valence-corrected chi connectivity index (χ1v) is 11.7. The van der Waals surface area contributed by atoms with E-state index in [-0.39, 0.29) is 11.8 Å². The van der Waals surface area contributed by atoms with Crippen LogP contribution in [-0.4, -0.2) is 60.5 Å². The van der Waals surface area contributed by atoms with Crippen LogP contribution in [0.5, 0.6) is 0 Å². The van der Waals surface area contributed by atoms with Crippen LogP contribution in [0, 0.1) is 19.8 Å². The standard InChI is InChI=1S/C26H31N5O2/c1-18-25(28-19(2)33-18)20-6-8-22(9-7-20)31-12-10-21(26(31)32)17-23-24(5-4-11-27-23)30-15-13-29(3)14-16-30/h4-9,11,21H,10,12-17H2,1-3H3/t21-/m0/s1. The second-order valence-electron chi connectivity index (χ2n) is 9.12. The van der Waals surface area contributed by atoms with Gasteiger partial charge in [0.25, 0.3) is 0 Å². The highest BCUT2D eigenvalue weighted by molar-refractivity contribution is 5.97. The molecule has 2 aliphatic heterocycles. The maximum atomic E-state index is 13.3. The summed E-state index contributed by atoms with van der Waals surface area (Å²) in [5.74, 6) is 1.62. The van der Waals surface area contributed by atoms with E-state index < -0.39 is 0 Å². The number of pyridine rings is 1. The van der Waals surface area contributed by atoms with Crippen LogP contribution >= 0.6 is 0 Å². The number of carbonyl (C=O) groups is 1. The molecular weight excluding hydrogens is 414 g/mol. The fourth-order valence-corrected chi connectivity index (χ4v) is 4.94. The van der Waals surface area contributed by atoms with Crippen LogP contribution in [0.2, 0.25) is 0 Å². The van der Waals surface area contributed by atoms with Crippen LogP contribution in [0.15, 0.2) is 47.0 Å². The van der Waals surface area contributed by atoms with Gasteiger partial charge in [-0.2, -0.15) is 0 Å². The number of nitrogens with zero attached hydrogens (tertiary/aromatic N) is 5. The summed E-state index contributed by atoms with van der Waals surface area (Å²) in [5.41, 5.74) is 5.01. The van der Waals surface area contributed by atoms with Gasteiger partial charge in [0.05, 0.1) is 11.4 Å². The number of carbonyl (C=O) groups excluding carboxylic acids is 1. The number of hydrogen-bond donors (Lipinski definition) is 0. The molecule has 5 rings (SSSR count). The van der Waals surface area contributed by atoms with Gasteiger partial charge in [0, 0.05) is 69.4 Å². The van der Waals surface area contributed by atoms with Gasteiger partial charge in [0.15, 0.2) is 5.89 Å². The van der Waals surface area contributed by atoms with Gasteiger partial charge in [-0.15, -0.1) is 0 Å². The van der Waals surface area contributed by atoms with E-state index in [1.54, 1.807) is 0 Å². The number of aromatic nitrogens is 2. The minimum Gasteiger partial charge on any atom is -0.446 e. The molecule has 1 amide bonds. The Hall–Kier alpha value is -3.19. The summed E-state index contributed by atoms with van der Waals surface area (Å²) in [6, 6.07) is 12.2. The van der Waals surface area contributed by atoms with Crippen molar-refractivity contribution in [3.63, 3.8) is 0 Å². The van der Waals surface area contributed by atoms with Gasteiger partial charge in [-0.1, -0.05) is 12.1 Å². The van der Waals surface area contributed by atoms with Gasteiger partial charge in [0.1, 0.15) is 11.5 Å². The molecule has 1 aromatic carbocycles. The van der Waals surface area contributed by atoms with Gasteiger partial charge in [-0.25, -0.2) is 4.98 Å². The van der Waals surface area contributed by atoms with Crippen molar-refractivity contribution in [3.05, 3.63) is 59.9 Å². The van der Waals surface area contributed by atoms with E-state index in [1.807, 2.05) is 55.3 Å². The van der Waals surface area contributed by atoms with Crippen molar-refractivity contribution in [2.45, 2.75) is 26.7 Å². The van der Waals surface area contributed by atoms with Gasteiger partial charge in [-0.3, -0.25) is 9.78 Å². The van der Waals surface area contributed by atoms with E-state index in [1.165, 1.54) is 5.69 Å². The lowest BCUT2D eigenvalue weighted by atomic mass is 10.00. The zero-order valence-electron chi connectivity index (χ0n) is 19.6. The summed E-state index contributed by atoms with van der Waals surface area (Å²) in [4.78, 5) is 29.1. The van der Waals surface area contributed by atoms with Crippen molar-refractivity contribution in [2.24, 2.45) is 5.92 Å². The molecule has 2 aliphatic rings. The minimum absolute atomic E-state index is 0.0359. The van der Waals surface area contributed by atoms with Crippen molar-refractivity contribution in [3.8, 4) is 11.3 Å². The van der Waals surface area contributed by atoms with Crippen LogP contribution in [0.25, 0.3) is 11.3 Å². The van der Waals surface area contributed by atoms with E-state index >= 15 is 0 Å². The van der Waals surface area contributed by atoms with Crippen LogP contribution in [-0.2, 0) is 11.2 Å². The highest BCUT2D eigenvalue weighted by atomic mass is 16.4. The molecule has 0 unspecified atom stereocenters.